The van der Waals surface area contributed by atoms with Crippen LogP contribution >= 0.6 is 0 Å². The van der Waals surface area contributed by atoms with Crippen molar-refractivity contribution in [1.82, 2.24) is 20.1 Å². The molecule has 6 heteroatoms. The highest BCUT2D eigenvalue weighted by atomic mass is 16.1. The summed E-state index contributed by atoms with van der Waals surface area (Å²) in [6.45, 7) is 14.3. The molecule has 0 radical (unpaired) electrons. The van der Waals surface area contributed by atoms with E-state index in [1.54, 1.807) is 0 Å². The summed E-state index contributed by atoms with van der Waals surface area (Å²) in [5.41, 5.74) is 7.75. The van der Waals surface area contributed by atoms with Crippen molar-refractivity contribution in [3.05, 3.63) is 48.3 Å². The quantitative estimate of drug-likeness (QED) is 0.395. The number of benzene rings is 1. The van der Waals surface area contributed by atoms with Crippen molar-refractivity contribution < 1.29 is 4.79 Å². The number of rotatable bonds is 5. The number of aromatic amines is 2. The summed E-state index contributed by atoms with van der Waals surface area (Å²) in [5, 5.41) is 9.20. The van der Waals surface area contributed by atoms with Crippen LogP contribution in [0.5, 0.6) is 0 Å². The number of piperidine rings is 1. The van der Waals surface area contributed by atoms with E-state index in [-0.39, 0.29) is 0 Å². The van der Waals surface area contributed by atoms with Gasteiger partial charge in [-0.2, -0.15) is 5.10 Å². The van der Waals surface area contributed by atoms with Crippen molar-refractivity contribution in [2.45, 2.75) is 66.2 Å². The molecule has 1 fully saturated rings. The molecule has 0 spiro atoms. The summed E-state index contributed by atoms with van der Waals surface area (Å²) in [7, 11) is 4.14. The van der Waals surface area contributed by atoms with Crippen LogP contribution in [0.3, 0.4) is 0 Å². The normalized spacial score (nSPS) is 19.4. The molecule has 1 unspecified atom stereocenters. The maximum Gasteiger partial charge on any atom is 0.123 e. The van der Waals surface area contributed by atoms with Crippen LogP contribution in [-0.4, -0.2) is 53.6 Å². The van der Waals surface area contributed by atoms with Crippen molar-refractivity contribution in [1.29, 1.82) is 0 Å². The molecule has 2 aromatic heterocycles. The third-order valence-electron chi connectivity index (χ3n) is 7.79. The van der Waals surface area contributed by atoms with Gasteiger partial charge in [-0.25, -0.2) is 0 Å². The minimum Gasteiger partial charge on any atom is -0.378 e. The summed E-state index contributed by atoms with van der Waals surface area (Å²) in [5.74, 6) is 0.302. The third-order valence-corrected chi connectivity index (χ3v) is 7.79. The van der Waals surface area contributed by atoms with Gasteiger partial charge in [-0.1, -0.05) is 46.8 Å². The lowest BCUT2D eigenvalue weighted by Crippen LogP contribution is -2.29. The van der Waals surface area contributed by atoms with Gasteiger partial charge in [0.1, 0.15) is 12.0 Å². The Labute approximate surface area is 217 Å². The zero-order chi connectivity index (χ0) is 26.3. The first kappa shape index (κ1) is 27.6. The molecule has 0 saturated carbocycles. The molecule has 1 aliphatic carbocycles. The number of carbonyl (C=O) groups excluding carboxylic acids is 1. The SMILES string of the molecule is C=CN1CCC(C=O)CC1.CC.CCC1(C)CCc2c(-c3cc4ccc(N(C)C)cc4[nH]3)n[nH]c2C1. The highest BCUT2D eigenvalue weighted by Gasteiger charge is 2.31. The van der Waals surface area contributed by atoms with Gasteiger partial charge in [0, 0.05) is 61.0 Å². The molecule has 2 N–H and O–H groups in total. The number of hydrogen-bond donors (Lipinski definition) is 2. The van der Waals surface area contributed by atoms with Crippen LogP contribution in [0.25, 0.3) is 22.3 Å². The molecule has 3 heterocycles. The number of nitrogens with one attached hydrogen (secondary N) is 2. The summed E-state index contributed by atoms with van der Waals surface area (Å²) >= 11 is 0. The maximum atomic E-state index is 10.3. The average molecular weight is 492 g/mol. The zero-order valence-corrected chi connectivity index (χ0v) is 23.2. The van der Waals surface area contributed by atoms with Crippen molar-refractivity contribution in [3.63, 3.8) is 0 Å². The zero-order valence-electron chi connectivity index (χ0n) is 23.2. The Balaban J connectivity index is 0.000000253. The van der Waals surface area contributed by atoms with E-state index in [0.29, 0.717) is 11.3 Å². The molecular formula is C30H45N5O. The first-order chi connectivity index (χ1) is 17.4. The molecule has 3 aromatic rings. The summed E-state index contributed by atoms with van der Waals surface area (Å²) < 4.78 is 0. The van der Waals surface area contributed by atoms with E-state index in [2.05, 4.69) is 83.8 Å². The highest BCUT2D eigenvalue weighted by molar-refractivity contribution is 5.88. The first-order valence-electron chi connectivity index (χ1n) is 13.5. The monoisotopic (exact) mass is 491 g/mol. The van der Waals surface area contributed by atoms with Gasteiger partial charge in [0.2, 0.25) is 0 Å². The predicted molar refractivity (Wildman–Crippen MR) is 153 cm³/mol. The standard InChI is InChI=1S/C20H26N4.C8H13NO.C2H6/c1-5-20(2)9-8-15-18(12-20)22-23-19(15)17-10-13-6-7-14(24(3)4)11-16(13)21-17;1-2-9-5-3-8(7-10)4-6-9;1-2/h6-7,10-11,21H,5,8-9,12H2,1-4H3,(H,22,23);2,7-8H,1,3-6H2;1-2H3. The van der Waals surface area contributed by atoms with Crippen molar-refractivity contribution >= 4 is 22.9 Å². The smallest absolute Gasteiger partial charge is 0.123 e. The minimum absolute atomic E-state index is 0.302. The molecule has 0 bridgehead atoms. The van der Waals surface area contributed by atoms with Crippen LogP contribution in [-0.2, 0) is 17.6 Å². The van der Waals surface area contributed by atoms with E-state index in [0.717, 1.165) is 56.4 Å². The second kappa shape index (κ2) is 12.3. The number of hydrogen-bond acceptors (Lipinski definition) is 4. The minimum atomic E-state index is 0.302. The number of anilines is 1. The Morgan fingerprint density at radius 1 is 1.22 bits per heavy atom. The van der Waals surface area contributed by atoms with Crippen LogP contribution in [0.15, 0.2) is 37.0 Å². The maximum absolute atomic E-state index is 10.3. The topological polar surface area (TPSA) is 68.0 Å². The van der Waals surface area contributed by atoms with Crippen molar-refractivity contribution in [3.8, 4) is 11.4 Å². The number of aldehydes is 1. The lowest BCUT2D eigenvalue weighted by Gasteiger charge is -2.32. The van der Waals surface area contributed by atoms with Crippen LogP contribution in [0.2, 0.25) is 0 Å². The molecule has 1 atom stereocenters. The number of carbonyl (C=O) groups is 1. The molecule has 36 heavy (non-hydrogen) atoms. The van der Waals surface area contributed by atoms with Gasteiger partial charge >= 0.3 is 0 Å². The Bertz CT molecular complexity index is 1120. The Kier molecular flexibility index (Phi) is 9.41. The largest absolute Gasteiger partial charge is 0.378 e. The van der Waals surface area contributed by atoms with Gasteiger partial charge in [0.15, 0.2) is 0 Å². The molecule has 1 aromatic carbocycles. The van der Waals surface area contributed by atoms with Gasteiger partial charge in [-0.3, -0.25) is 5.10 Å². The van der Waals surface area contributed by atoms with E-state index in [1.165, 1.54) is 40.7 Å². The molecule has 2 aliphatic rings. The molecular weight excluding hydrogens is 446 g/mol. The van der Waals surface area contributed by atoms with Crippen LogP contribution in [0.1, 0.15) is 64.6 Å². The fourth-order valence-electron chi connectivity index (χ4n) is 5.04. The Morgan fingerprint density at radius 2 is 1.94 bits per heavy atom. The lowest BCUT2D eigenvalue weighted by molar-refractivity contribution is -0.112. The van der Waals surface area contributed by atoms with E-state index in [9.17, 15) is 4.79 Å². The Morgan fingerprint density at radius 3 is 2.56 bits per heavy atom. The summed E-state index contributed by atoms with van der Waals surface area (Å²) in [6.07, 6.45) is 9.60. The fourth-order valence-corrected chi connectivity index (χ4v) is 5.04. The average Bonchev–Trinajstić information content (AvgIpc) is 3.53. The first-order valence-corrected chi connectivity index (χ1v) is 13.5. The fraction of sp³-hybridized carbons (Fsp3) is 0.533. The van der Waals surface area contributed by atoms with Crippen molar-refractivity contribution in [2.75, 3.05) is 32.1 Å². The molecule has 1 saturated heterocycles. The third kappa shape index (κ3) is 6.21. The van der Waals surface area contributed by atoms with Crippen LogP contribution in [0.4, 0.5) is 5.69 Å². The number of aromatic nitrogens is 3. The van der Waals surface area contributed by atoms with Gasteiger partial charge in [-0.15, -0.1) is 0 Å². The molecule has 196 valence electrons. The molecule has 5 rings (SSSR count). The second-order valence-electron chi connectivity index (χ2n) is 10.4. The highest BCUT2D eigenvalue weighted by Crippen LogP contribution is 2.40. The second-order valence-corrected chi connectivity index (χ2v) is 10.4. The summed E-state index contributed by atoms with van der Waals surface area (Å²) in [6, 6.07) is 8.76. The van der Waals surface area contributed by atoms with E-state index in [1.807, 2.05) is 20.0 Å². The molecule has 1 aliphatic heterocycles. The van der Waals surface area contributed by atoms with Gasteiger partial charge in [0.25, 0.3) is 0 Å². The van der Waals surface area contributed by atoms with Gasteiger partial charge in [0.05, 0.1) is 5.69 Å². The number of nitrogens with zero attached hydrogens (tertiary/aromatic N) is 3. The van der Waals surface area contributed by atoms with E-state index < -0.39 is 0 Å². The Hall–Kier alpha value is -3.02. The van der Waals surface area contributed by atoms with Gasteiger partial charge < -0.3 is 19.6 Å². The molecule has 6 nitrogen and oxygen atoms in total. The van der Waals surface area contributed by atoms with E-state index in [4.69, 9.17) is 0 Å². The van der Waals surface area contributed by atoms with Crippen LogP contribution in [0, 0.1) is 11.3 Å². The predicted octanol–water partition coefficient (Wildman–Crippen LogP) is 6.60. The summed E-state index contributed by atoms with van der Waals surface area (Å²) in [4.78, 5) is 18.2. The van der Waals surface area contributed by atoms with Crippen molar-refractivity contribution in [2.24, 2.45) is 11.3 Å². The lowest BCUT2D eigenvalue weighted by atomic mass is 9.73. The number of likely N-dealkylation sites (tertiary alicyclic amines) is 1. The van der Waals surface area contributed by atoms with Gasteiger partial charge in [-0.05, 0) is 61.9 Å². The number of fused-ring (bicyclic) bond motifs is 2. The van der Waals surface area contributed by atoms with E-state index >= 15 is 0 Å². The van der Waals surface area contributed by atoms with Crippen LogP contribution < -0.4 is 4.90 Å². The molecule has 0 amide bonds. The number of H-pyrrole nitrogens is 2.